The van der Waals surface area contributed by atoms with Crippen LogP contribution in [0.2, 0.25) is 0 Å². The first-order valence-corrected chi connectivity index (χ1v) is 10.1. The van der Waals surface area contributed by atoms with Crippen LogP contribution in [0.4, 0.5) is 4.79 Å². The maximum Gasteiger partial charge on any atom is 0.314 e. The van der Waals surface area contributed by atoms with E-state index in [-0.39, 0.29) is 23.5 Å². The molecule has 0 radical (unpaired) electrons. The van der Waals surface area contributed by atoms with Gasteiger partial charge in [-0.15, -0.1) is 0 Å². The van der Waals surface area contributed by atoms with Gasteiger partial charge in [0.05, 0.1) is 11.5 Å². The minimum atomic E-state index is -2.83. The van der Waals surface area contributed by atoms with Crippen LogP contribution >= 0.6 is 0 Å². The molecule has 5 nitrogen and oxygen atoms in total. The van der Waals surface area contributed by atoms with Gasteiger partial charge < -0.3 is 10.6 Å². The fourth-order valence-electron chi connectivity index (χ4n) is 3.25. The summed E-state index contributed by atoms with van der Waals surface area (Å²) in [5.41, 5.74) is 1.35. The van der Waals surface area contributed by atoms with Gasteiger partial charge in [0.15, 0.2) is 0 Å². The van der Waals surface area contributed by atoms with Crippen molar-refractivity contribution in [2.24, 2.45) is 11.8 Å². The van der Waals surface area contributed by atoms with E-state index < -0.39 is 9.84 Å². The van der Waals surface area contributed by atoms with Gasteiger partial charge in [-0.3, -0.25) is 0 Å². The molecule has 0 bridgehead atoms. The molecule has 6 heteroatoms. The van der Waals surface area contributed by atoms with E-state index in [1.165, 1.54) is 5.56 Å². The quantitative estimate of drug-likeness (QED) is 0.862. The number of rotatable bonds is 5. The summed E-state index contributed by atoms with van der Waals surface area (Å²) >= 11 is 0. The number of benzene rings is 1. The van der Waals surface area contributed by atoms with E-state index >= 15 is 0 Å². The van der Waals surface area contributed by atoms with Crippen molar-refractivity contribution in [3.05, 3.63) is 35.9 Å². The molecule has 2 amide bonds. The predicted octanol–water partition coefficient (Wildman–Crippen LogP) is 1.91. The van der Waals surface area contributed by atoms with E-state index in [0.29, 0.717) is 37.8 Å². The lowest BCUT2D eigenvalue weighted by Gasteiger charge is -2.22. The summed E-state index contributed by atoms with van der Waals surface area (Å²) in [5, 5.41) is 5.80. The van der Waals surface area contributed by atoms with Crippen LogP contribution in [-0.4, -0.2) is 39.0 Å². The zero-order valence-corrected chi connectivity index (χ0v) is 14.0. The summed E-state index contributed by atoms with van der Waals surface area (Å²) in [7, 11) is -2.83. The van der Waals surface area contributed by atoms with Crippen LogP contribution in [-0.2, 0) is 9.84 Å². The molecule has 2 fully saturated rings. The summed E-state index contributed by atoms with van der Waals surface area (Å²) in [6.07, 6.45) is 2.44. The third-order valence-electron chi connectivity index (χ3n) is 4.90. The lowest BCUT2D eigenvalue weighted by atomic mass is 10.0. The number of urea groups is 1. The Morgan fingerprint density at radius 1 is 1.04 bits per heavy atom. The van der Waals surface area contributed by atoms with E-state index in [0.717, 1.165) is 6.42 Å². The summed E-state index contributed by atoms with van der Waals surface area (Å²) in [6, 6.07) is 10.3. The van der Waals surface area contributed by atoms with Crippen LogP contribution in [0, 0.1) is 11.8 Å². The molecule has 0 unspecified atom stereocenters. The van der Waals surface area contributed by atoms with Gasteiger partial charge in [0.1, 0.15) is 9.84 Å². The standard InChI is InChI=1S/C17H24N2O3S/c20-17(18-11-13-6-8-23(21,22)9-7-13)19-12-15-10-16(15)14-4-2-1-3-5-14/h1-5,13,15-16H,6-12H2,(H2,18,19,20)/t15-,16-/m1/s1. The highest BCUT2D eigenvalue weighted by atomic mass is 32.2. The number of sulfone groups is 1. The Morgan fingerprint density at radius 2 is 1.70 bits per heavy atom. The van der Waals surface area contributed by atoms with Crippen LogP contribution in [0.1, 0.15) is 30.7 Å². The monoisotopic (exact) mass is 336 g/mol. The zero-order chi connectivity index (χ0) is 16.3. The molecule has 1 aromatic carbocycles. The molecule has 126 valence electrons. The molecule has 1 saturated heterocycles. The van der Waals surface area contributed by atoms with E-state index in [4.69, 9.17) is 0 Å². The third kappa shape index (κ3) is 4.70. The Balaban J connectivity index is 1.32. The van der Waals surface area contributed by atoms with Crippen molar-refractivity contribution in [3.8, 4) is 0 Å². The van der Waals surface area contributed by atoms with Crippen molar-refractivity contribution < 1.29 is 13.2 Å². The van der Waals surface area contributed by atoms with Gasteiger partial charge in [0.25, 0.3) is 0 Å². The van der Waals surface area contributed by atoms with Crippen molar-refractivity contribution in [2.75, 3.05) is 24.6 Å². The van der Waals surface area contributed by atoms with Crippen molar-refractivity contribution in [1.82, 2.24) is 10.6 Å². The molecule has 3 rings (SSSR count). The molecule has 1 aromatic rings. The Morgan fingerprint density at radius 3 is 2.39 bits per heavy atom. The van der Waals surface area contributed by atoms with E-state index in [1.807, 2.05) is 6.07 Å². The third-order valence-corrected chi connectivity index (χ3v) is 6.62. The van der Waals surface area contributed by atoms with Crippen molar-refractivity contribution in [1.29, 1.82) is 0 Å². The molecule has 0 spiro atoms. The first kappa shape index (κ1) is 16.3. The molecule has 1 aliphatic heterocycles. The van der Waals surface area contributed by atoms with E-state index in [9.17, 15) is 13.2 Å². The van der Waals surface area contributed by atoms with Gasteiger partial charge in [0, 0.05) is 13.1 Å². The van der Waals surface area contributed by atoms with Crippen LogP contribution in [0.15, 0.2) is 30.3 Å². The fraction of sp³-hybridized carbons (Fsp3) is 0.588. The van der Waals surface area contributed by atoms with Crippen LogP contribution in [0.5, 0.6) is 0 Å². The number of carbonyl (C=O) groups excluding carboxylic acids is 1. The minimum absolute atomic E-state index is 0.142. The average molecular weight is 336 g/mol. The lowest BCUT2D eigenvalue weighted by molar-refractivity contribution is 0.238. The number of carbonyl (C=O) groups is 1. The zero-order valence-electron chi connectivity index (χ0n) is 13.2. The predicted molar refractivity (Wildman–Crippen MR) is 90.1 cm³/mol. The number of nitrogens with one attached hydrogen (secondary N) is 2. The molecule has 1 saturated carbocycles. The summed E-state index contributed by atoms with van der Waals surface area (Å²) in [5.74, 6) is 1.88. The Kier molecular flexibility index (Phi) is 4.90. The largest absolute Gasteiger partial charge is 0.338 e. The second-order valence-electron chi connectivity index (χ2n) is 6.70. The molecule has 0 aromatic heterocycles. The van der Waals surface area contributed by atoms with Crippen molar-refractivity contribution >= 4 is 15.9 Å². The van der Waals surface area contributed by atoms with Gasteiger partial charge in [-0.25, -0.2) is 13.2 Å². The summed E-state index contributed by atoms with van der Waals surface area (Å²) < 4.78 is 22.7. The fourth-order valence-corrected chi connectivity index (χ4v) is 4.84. The first-order chi connectivity index (χ1) is 11.0. The highest BCUT2D eigenvalue weighted by Gasteiger charge is 2.38. The van der Waals surface area contributed by atoms with E-state index in [2.05, 4.69) is 34.9 Å². The second-order valence-corrected chi connectivity index (χ2v) is 9.00. The number of amides is 2. The molecule has 1 heterocycles. The topological polar surface area (TPSA) is 75.3 Å². The number of hydrogen-bond donors (Lipinski definition) is 2. The van der Waals surface area contributed by atoms with E-state index in [1.54, 1.807) is 0 Å². The maximum absolute atomic E-state index is 11.8. The Hall–Kier alpha value is -1.56. The molecular formula is C17H24N2O3S. The first-order valence-electron chi connectivity index (χ1n) is 8.30. The van der Waals surface area contributed by atoms with Crippen LogP contribution in [0.3, 0.4) is 0 Å². The summed E-state index contributed by atoms with van der Waals surface area (Å²) in [6.45, 7) is 1.26. The lowest BCUT2D eigenvalue weighted by Crippen LogP contribution is -2.40. The van der Waals surface area contributed by atoms with Gasteiger partial charge in [-0.05, 0) is 42.6 Å². The van der Waals surface area contributed by atoms with Crippen LogP contribution in [0.25, 0.3) is 0 Å². The molecular weight excluding hydrogens is 312 g/mol. The highest BCUT2D eigenvalue weighted by Crippen LogP contribution is 2.46. The number of hydrogen-bond acceptors (Lipinski definition) is 3. The van der Waals surface area contributed by atoms with Crippen LogP contribution < -0.4 is 10.6 Å². The van der Waals surface area contributed by atoms with Crippen molar-refractivity contribution in [2.45, 2.75) is 25.2 Å². The smallest absolute Gasteiger partial charge is 0.314 e. The highest BCUT2D eigenvalue weighted by molar-refractivity contribution is 7.91. The van der Waals surface area contributed by atoms with Crippen molar-refractivity contribution in [3.63, 3.8) is 0 Å². The molecule has 23 heavy (non-hydrogen) atoms. The van der Waals surface area contributed by atoms with Gasteiger partial charge in [-0.1, -0.05) is 30.3 Å². The van der Waals surface area contributed by atoms with Gasteiger partial charge >= 0.3 is 6.03 Å². The minimum Gasteiger partial charge on any atom is -0.338 e. The molecule has 2 aliphatic rings. The maximum atomic E-state index is 11.8. The molecule has 2 N–H and O–H groups in total. The Labute approximate surface area is 137 Å². The normalized spacial score (nSPS) is 26.4. The summed E-state index contributed by atoms with van der Waals surface area (Å²) in [4.78, 5) is 11.8. The Bertz CT molecular complexity index is 631. The van der Waals surface area contributed by atoms with Gasteiger partial charge in [-0.2, -0.15) is 0 Å². The SMILES string of the molecule is O=C(NCC1CCS(=O)(=O)CC1)NC[C@H]1C[C@@H]1c1ccccc1. The molecule has 1 aliphatic carbocycles. The van der Waals surface area contributed by atoms with Gasteiger partial charge in [0.2, 0.25) is 0 Å². The second kappa shape index (κ2) is 6.91. The average Bonchev–Trinajstić information content (AvgIpc) is 3.32. The molecule has 2 atom stereocenters.